The minimum absolute atomic E-state index is 0.164. The number of rotatable bonds is 11. The van der Waals surface area contributed by atoms with Gasteiger partial charge in [-0.25, -0.2) is 0 Å². The second-order valence-corrected chi connectivity index (χ2v) is 8.68. The number of halogens is 1. The summed E-state index contributed by atoms with van der Waals surface area (Å²) in [7, 11) is 0. The van der Waals surface area contributed by atoms with Gasteiger partial charge in [0, 0.05) is 24.5 Å². The molecular formula is C28H31ClN2O3. The van der Waals surface area contributed by atoms with Crippen LogP contribution in [0.25, 0.3) is 0 Å². The Morgan fingerprint density at radius 3 is 2.26 bits per heavy atom. The molecule has 0 bridgehead atoms. The lowest BCUT2D eigenvalue weighted by molar-refractivity contribution is -0.142. The van der Waals surface area contributed by atoms with E-state index in [1.54, 1.807) is 17.0 Å². The Labute approximate surface area is 206 Å². The molecule has 0 radical (unpaired) electrons. The highest BCUT2D eigenvalue weighted by Crippen LogP contribution is 2.18. The van der Waals surface area contributed by atoms with Gasteiger partial charge in [-0.3, -0.25) is 9.59 Å². The number of hydrogen-bond donors (Lipinski definition) is 1. The van der Waals surface area contributed by atoms with Crippen LogP contribution in [0.4, 0.5) is 0 Å². The fourth-order valence-electron chi connectivity index (χ4n) is 3.57. The molecule has 6 heteroatoms. The molecule has 178 valence electrons. The lowest BCUT2D eigenvalue weighted by atomic mass is 10.0. The van der Waals surface area contributed by atoms with E-state index in [0.717, 1.165) is 23.1 Å². The van der Waals surface area contributed by atoms with Gasteiger partial charge in [0.05, 0.1) is 0 Å². The number of nitrogens with one attached hydrogen (secondary N) is 1. The van der Waals surface area contributed by atoms with Gasteiger partial charge in [-0.2, -0.15) is 0 Å². The van der Waals surface area contributed by atoms with E-state index < -0.39 is 6.04 Å². The fourth-order valence-corrected chi connectivity index (χ4v) is 3.69. The summed E-state index contributed by atoms with van der Waals surface area (Å²) in [5.74, 6) is 0.173. The number of hydrogen-bond acceptors (Lipinski definition) is 3. The molecule has 2 amide bonds. The van der Waals surface area contributed by atoms with Crippen molar-refractivity contribution in [2.75, 3.05) is 13.2 Å². The highest BCUT2D eigenvalue weighted by atomic mass is 35.5. The first-order valence-corrected chi connectivity index (χ1v) is 11.9. The predicted molar refractivity (Wildman–Crippen MR) is 136 cm³/mol. The van der Waals surface area contributed by atoms with E-state index in [1.165, 1.54) is 0 Å². The zero-order chi connectivity index (χ0) is 24.3. The molecular weight excluding hydrogens is 448 g/mol. The third-order valence-electron chi connectivity index (χ3n) is 5.47. The zero-order valence-corrected chi connectivity index (χ0v) is 20.4. The van der Waals surface area contributed by atoms with Gasteiger partial charge in [-0.15, -0.1) is 0 Å². The van der Waals surface area contributed by atoms with Crippen LogP contribution in [0.5, 0.6) is 5.75 Å². The Bertz CT molecular complexity index is 1050. The number of amides is 2. The van der Waals surface area contributed by atoms with Gasteiger partial charge in [-0.1, -0.05) is 78.7 Å². The first-order chi connectivity index (χ1) is 16.5. The van der Waals surface area contributed by atoms with Gasteiger partial charge in [0.15, 0.2) is 6.61 Å². The molecule has 1 N–H and O–H groups in total. The summed E-state index contributed by atoms with van der Waals surface area (Å²) in [6.45, 7) is 4.64. The molecule has 0 aliphatic heterocycles. The van der Waals surface area contributed by atoms with Gasteiger partial charge < -0.3 is 15.0 Å². The molecule has 0 heterocycles. The van der Waals surface area contributed by atoms with Crippen molar-refractivity contribution in [1.82, 2.24) is 10.2 Å². The Morgan fingerprint density at radius 1 is 0.941 bits per heavy atom. The lowest BCUT2D eigenvalue weighted by Gasteiger charge is -2.31. The maximum absolute atomic E-state index is 13.5. The summed E-state index contributed by atoms with van der Waals surface area (Å²) < 4.78 is 5.78. The van der Waals surface area contributed by atoms with E-state index in [-0.39, 0.29) is 25.0 Å². The fraction of sp³-hybridized carbons (Fsp3) is 0.286. The zero-order valence-electron chi connectivity index (χ0n) is 19.7. The Hall–Kier alpha value is -3.31. The van der Waals surface area contributed by atoms with E-state index in [4.69, 9.17) is 16.3 Å². The summed E-state index contributed by atoms with van der Waals surface area (Å²) in [6.07, 6.45) is 1.21. The lowest BCUT2D eigenvalue weighted by Crippen LogP contribution is -2.51. The molecule has 1 atom stereocenters. The molecule has 0 fully saturated rings. The average Bonchev–Trinajstić information content (AvgIpc) is 2.86. The molecule has 3 aromatic rings. The van der Waals surface area contributed by atoms with Crippen LogP contribution in [0, 0.1) is 6.92 Å². The van der Waals surface area contributed by atoms with Crippen molar-refractivity contribution in [2.24, 2.45) is 0 Å². The van der Waals surface area contributed by atoms with Crippen molar-refractivity contribution in [3.63, 3.8) is 0 Å². The molecule has 34 heavy (non-hydrogen) atoms. The normalized spacial score (nSPS) is 11.5. The molecule has 0 saturated carbocycles. The highest BCUT2D eigenvalue weighted by molar-refractivity contribution is 6.30. The maximum atomic E-state index is 13.5. The average molecular weight is 479 g/mol. The van der Waals surface area contributed by atoms with Gasteiger partial charge in [0.25, 0.3) is 5.91 Å². The second-order valence-electron chi connectivity index (χ2n) is 8.25. The van der Waals surface area contributed by atoms with Crippen molar-refractivity contribution in [1.29, 1.82) is 0 Å². The summed E-state index contributed by atoms with van der Waals surface area (Å²) >= 11 is 6.05. The topological polar surface area (TPSA) is 58.6 Å². The van der Waals surface area contributed by atoms with Crippen molar-refractivity contribution in [2.45, 2.75) is 39.3 Å². The van der Waals surface area contributed by atoms with Crippen LogP contribution in [-0.2, 0) is 22.6 Å². The molecule has 0 aliphatic rings. The monoisotopic (exact) mass is 478 g/mol. The molecule has 3 rings (SSSR count). The third kappa shape index (κ3) is 7.63. The van der Waals surface area contributed by atoms with Crippen LogP contribution in [0.3, 0.4) is 0 Å². The molecule has 5 nitrogen and oxygen atoms in total. The van der Waals surface area contributed by atoms with Crippen LogP contribution < -0.4 is 10.1 Å². The molecule has 3 aromatic carbocycles. The van der Waals surface area contributed by atoms with Crippen LogP contribution in [-0.4, -0.2) is 35.9 Å². The van der Waals surface area contributed by atoms with E-state index in [9.17, 15) is 9.59 Å². The van der Waals surface area contributed by atoms with Crippen LogP contribution in [0.15, 0.2) is 78.9 Å². The molecule has 0 unspecified atom stereocenters. The Kier molecular flexibility index (Phi) is 9.53. The largest absolute Gasteiger partial charge is 0.484 e. The van der Waals surface area contributed by atoms with Crippen molar-refractivity contribution in [3.8, 4) is 5.75 Å². The highest BCUT2D eigenvalue weighted by Gasteiger charge is 2.30. The minimum atomic E-state index is -0.682. The van der Waals surface area contributed by atoms with Crippen molar-refractivity contribution < 1.29 is 14.3 Å². The molecule has 0 aliphatic carbocycles. The molecule has 0 saturated heterocycles. The van der Waals surface area contributed by atoms with Crippen LogP contribution >= 0.6 is 11.6 Å². The smallest absolute Gasteiger partial charge is 0.261 e. The number of ether oxygens (including phenoxy) is 1. The van der Waals surface area contributed by atoms with E-state index in [0.29, 0.717) is 23.7 Å². The van der Waals surface area contributed by atoms with Gasteiger partial charge >= 0.3 is 0 Å². The molecule has 0 spiro atoms. The first kappa shape index (κ1) is 25.3. The number of carbonyl (C=O) groups excluding carboxylic acids is 2. The third-order valence-corrected chi connectivity index (χ3v) is 5.72. The van der Waals surface area contributed by atoms with Crippen LogP contribution in [0.2, 0.25) is 5.02 Å². The van der Waals surface area contributed by atoms with E-state index in [1.807, 2.05) is 80.6 Å². The molecule has 0 aromatic heterocycles. The van der Waals surface area contributed by atoms with Gasteiger partial charge in [-0.05, 0) is 48.7 Å². The number of benzene rings is 3. The van der Waals surface area contributed by atoms with Crippen molar-refractivity contribution >= 4 is 23.4 Å². The van der Waals surface area contributed by atoms with E-state index >= 15 is 0 Å². The quantitative estimate of drug-likeness (QED) is 0.412. The Morgan fingerprint density at radius 2 is 1.62 bits per heavy atom. The number of aryl methyl sites for hydroxylation is 1. The van der Waals surface area contributed by atoms with Gasteiger partial charge in [0.2, 0.25) is 5.91 Å². The SMILES string of the molecule is CCCNC(=O)[C@H](Cc1ccccc1)N(Cc1ccc(Cl)cc1)C(=O)COc1ccc(C)cc1. The summed E-state index contributed by atoms with van der Waals surface area (Å²) in [4.78, 5) is 28.3. The summed E-state index contributed by atoms with van der Waals surface area (Å²) in [5, 5.41) is 3.58. The number of carbonyl (C=O) groups is 2. The van der Waals surface area contributed by atoms with Gasteiger partial charge in [0.1, 0.15) is 11.8 Å². The van der Waals surface area contributed by atoms with Crippen molar-refractivity contribution in [3.05, 3.63) is 101 Å². The first-order valence-electron chi connectivity index (χ1n) is 11.5. The summed E-state index contributed by atoms with van der Waals surface area (Å²) in [5.41, 5.74) is 2.97. The second kappa shape index (κ2) is 12.8. The summed E-state index contributed by atoms with van der Waals surface area (Å²) in [6, 6.07) is 23.9. The predicted octanol–water partition coefficient (Wildman–Crippen LogP) is 5.19. The van der Waals surface area contributed by atoms with Crippen LogP contribution in [0.1, 0.15) is 30.0 Å². The minimum Gasteiger partial charge on any atom is -0.484 e. The maximum Gasteiger partial charge on any atom is 0.261 e. The Balaban J connectivity index is 1.87. The standard InChI is InChI=1S/C28H31ClN2O3/c1-3-17-30-28(33)26(18-22-7-5-4-6-8-22)31(19-23-11-13-24(29)14-12-23)27(32)20-34-25-15-9-21(2)10-16-25/h4-16,26H,3,17-20H2,1-2H3,(H,30,33)/t26-/m0/s1. The number of nitrogens with zero attached hydrogens (tertiary/aromatic N) is 1. The van der Waals surface area contributed by atoms with E-state index in [2.05, 4.69) is 5.32 Å².